The Morgan fingerprint density at radius 2 is 1.50 bits per heavy atom. The molecule has 0 unspecified atom stereocenters. The summed E-state index contributed by atoms with van der Waals surface area (Å²) in [5.74, 6) is 0. The number of nitrogens with two attached hydrogens (primary N) is 3. The normalized spacial score (nSPS) is 10.2. The lowest BCUT2D eigenvalue weighted by molar-refractivity contribution is 0.306. The fraction of sp³-hybridized carbons (Fsp3) is 1.00. The van der Waals surface area contributed by atoms with Crippen LogP contribution in [0.4, 0.5) is 0 Å². The maximum Gasteiger partial charge on any atom is 0.0553 e. The largest absolute Gasteiger partial charge is 0.395 e. The molecule has 0 bridgehead atoms. The van der Waals surface area contributed by atoms with Gasteiger partial charge in [-0.05, 0) is 13.8 Å². The molecular formula is C6H19N3O. The van der Waals surface area contributed by atoms with Crippen molar-refractivity contribution in [2.24, 2.45) is 17.2 Å². The van der Waals surface area contributed by atoms with E-state index in [1.54, 1.807) is 0 Å². The van der Waals surface area contributed by atoms with Gasteiger partial charge in [0.1, 0.15) is 0 Å². The molecule has 0 aromatic heterocycles. The third kappa shape index (κ3) is 24.9. The van der Waals surface area contributed by atoms with Gasteiger partial charge >= 0.3 is 0 Å². The zero-order chi connectivity index (χ0) is 8.62. The zero-order valence-corrected chi connectivity index (χ0v) is 6.80. The van der Waals surface area contributed by atoms with E-state index in [-0.39, 0.29) is 12.1 Å². The van der Waals surface area contributed by atoms with Crippen molar-refractivity contribution >= 4 is 0 Å². The van der Waals surface area contributed by atoms with Gasteiger partial charge in [0.15, 0.2) is 0 Å². The average Bonchev–Trinajstić information content (AvgIpc) is 1.87. The van der Waals surface area contributed by atoms with Crippen LogP contribution in [0.1, 0.15) is 13.8 Å². The molecule has 0 aromatic rings. The van der Waals surface area contributed by atoms with Crippen molar-refractivity contribution in [2.45, 2.75) is 19.4 Å². The summed E-state index contributed by atoms with van der Waals surface area (Å²) in [7, 11) is 0. The molecule has 0 amide bonds. The number of hydrogen-bond acceptors (Lipinski definition) is 4. The summed E-state index contributed by atoms with van der Waals surface area (Å²) in [6, 6.07) is 0. The molecule has 0 atom stereocenters. The molecule has 10 heavy (non-hydrogen) atoms. The Bertz CT molecular complexity index is 58.5. The van der Waals surface area contributed by atoms with E-state index in [0.717, 1.165) is 0 Å². The second-order valence-corrected chi connectivity index (χ2v) is 2.70. The lowest BCUT2D eigenvalue weighted by atomic mass is 10.1. The van der Waals surface area contributed by atoms with Crippen LogP contribution in [0.3, 0.4) is 0 Å². The van der Waals surface area contributed by atoms with Crippen molar-refractivity contribution in [2.75, 3.05) is 19.7 Å². The minimum Gasteiger partial charge on any atom is -0.395 e. The van der Waals surface area contributed by atoms with Gasteiger partial charge < -0.3 is 22.3 Å². The van der Waals surface area contributed by atoms with Crippen LogP contribution in [-0.4, -0.2) is 30.3 Å². The van der Waals surface area contributed by atoms with Crippen molar-refractivity contribution in [3.63, 3.8) is 0 Å². The molecule has 4 heteroatoms. The SMILES string of the molecule is CC(C)(N)CN.NCCO. The second-order valence-electron chi connectivity index (χ2n) is 2.70. The van der Waals surface area contributed by atoms with Gasteiger partial charge in [-0.3, -0.25) is 0 Å². The first kappa shape index (κ1) is 12.5. The van der Waals surface area contributed by atoms with Crippen LogP contribution in [0.15, 0.2) is 0 Å². The van der Waals surface area contributed by atoms with E-state index in [4.69, 9.17) is 22.3 Å². The molecule has 0 spiro atoms. The zero-order valence-electron chi connectivity index (χ0n) is 6.80. The van der Waals surface area contributed by atoms with Crippen LogP contribution in [0.25, 0.3) is 0 Å². The van der Waals surface area contributed by atoms with Crippen molar-refractivity contribution < 1.29 is 5.11 Å². The predicted octanol–water partition coefficient (Wildman–Crippen LogP) is -1.38. The lowest BCUT2D eigenvalue weighted by Crippen LogP contribution is -2.40. The quantitative estimate of drug-likeness (QED) is 0.389. The Labute approximate surface area is 62.4 Å². The fourth-order valence-corrected chi connectivity index (χ4v) is 0. The van der Waals surface area contributed by atoms with Gasteiger partial charge in [0, 0.05) is 18.6 Å². The van der Waals surface area contributed by atoms with Crippen LogP contribution >= 0.6 is 0 Å². The van der Waals surface area contributed by atoms with Gasteiger partial charge in [-0.25, -0.2) is 0 Å². The van der Waals surface area contributed by atoms with Crippen LogP contribution in [0, 0.1) is 0 Å². The van der Waals surface area contributed by atoms with E-state index in [1.165, 1.54) is 0 Å². The first-order valence-corrected chi connectivity index (χ1v) is 3.27. The summed E-state index contributed by atoms with van der Waals surface area (Å²) in [5.41, 5.74) is 15.2. The van der Waals surface area contributed by atoms with Crippen LogP contribution in [0.5, 0.6) is 0 Å². The Morgan fingerprint density at radius 3 is 1.50 bits per heavy atom. The minimum absolute atomic E-state index is 0.0972. The number of aliphatic hydroxyl groups is 1. The fourth-order valence-electron chi connectivity index (χ4n) is 0. The maximum atomic E-state index is 7.75. The van der Waals surface area contributed by atoms with E-state index in [1.807, 2.05) is 13.8 Å². The summed E-state index contributed by atoms with van der Waals surface area (Å²) in [5, 5.41) is 7.75. The van der Waals surface area contributed by atoms with Crippen LogP contribution < -0.4 is 17.2 Å². The molecule has 4 nitrogen and oxygen atoms in total. The minimum atomic E-state index is -0.181. The highest BCUT2D eigenvalue weighted by atomic mass is 16.3. The average molecular weight is 149 g/mol. The summed E-state index contributed by atoms with van der Waals surface area (Å²) in [4.78, 5) is 0. The molecule has 0 fully saturated rings. The van der Waals surface area contributed by atoms with Crippen molar-refractivity contribution in [1.82, 2.24) is 0 Å². The van der Waals surface area contributed by atoms with E-state index < -0.39 is 0 Å². The van der Waals surface area contributed by atoms with Crippen LogP contribution in [0.2, 0.25) is 0 Å². The second kappa shape index (κ2) is 6.95. The number of rotatable bonds is 2. The maximum absolute atomic E-state index is 7.75. The van der Waals surface area contributed by atoms with Gasteiger partial charge in [0.05, 0.1) is 6.61 Å². The molecule has 64 valence electrons. The standard InChI is InChI=1S/C4H12N2.C2H7NO/c1-4(2,6)3-5;3-1-2-4/h3,5-6H2,1-2H3;4H,1-3H2. The smallest absolute Gasteiger partial charge is 0.0553 e. The van der Waals surface area contributed by atoms with E-state index >= 15 is 0 Å². The predicted molar refractivity (Wildman–Crippen MR) is 43.5 cm³/mol. The molecule has 0 aliphatic carbocycles. The molecule has 0 rings (SSSR count). The van der Waals surface area contributed by atoms with Crippen molar-refractivity contribution in [3.05, 3.63) is 0 Å². The molecule has 0 saturated carbocycles. The summed E-state index contributed by atoms with van der Waals surface area (Å²) in [6.45, 7) is 4.81. The number of aliphatic hydroxyl groups excluding tert-OH is 1. The highest BCUT2D eigenvalue weighted by molar-refractivity contribution is 4.70. The Kier molecular flexibility index (Phi) is 8.70. The lowest BCUT2D eigenvalue weighted by Gasteiger charge is -2.13. The highest BCUT2D eigenvalue weighted by Gasteiger charge is 2.04. The Balaban J connectivity index is 0. The first-order chi connectivity index (χ1) is 4.47. The molecule has 7 N–H and O–H groups in total. The summed E-state index contributed by atoms with van der Waals surface area (Å²) in [6.07, 6.45) is 0. The number of hydrogen-bond donors (Lipinski definition) is 4. The van der Waals surface area contributed by atoms with Gasteiger partial charge in [-0.2, -0.15) is 0 Å². The molecule has 0 heterocycles. The Hall–Kier alpha value is -0.160. The van der Waals surface area contributed by atoms with Gasteiger partial charge in [-0.15, -0.1) is 0 Å². The first-order valence-electron chi connectivity index (χ1n) is 3.27. The van der Waals surface area contributed by atoms with E-state index in [9.17, 15) is 0 Å². The van der Waals surface area contributed by atoms with Gasteiger partial charge in [-0.1, -0.05) is 0 Å². The van der Waals surface area contributed by atoms with E-state index in [2.05, 4.69) is 0 Å². The third-order valence-corrected chi connectivity index (χ3v) is 0.655. The topological polar surface area (TPSA) is 98.3 Å². The Morgan fingerprint density at radius 1 is 1.30 bits per heavy atom. The molecule has 0 radical (unpaired) electrons. The molecule has 0 saturated heterocycles. The van der Waals surface area contributed by atoms with Crippen molar-refractivity contribution in [1.29, 1.82) is 0 Å². The molecule has 0 aromatic carbocycles. The third-order valence-electron chi connectivity index (χ3n) is 0.655. The monoisotopic (exact) mass is 149 g/mol. The molecular weight excluding hydrogens is 130 g/mol. The van der Waals surface area contributed by atoms with Gasteiger partial charge in [0.2, 0.25) is 0 Å². The van der Waals surface area contributed by atoms with Gasteiger partial charge in [0.25, 0.3) is 0 Å². The molecule has 0 aliphatic heterocycles. The summed E-state index contributed by atoms with van der Waals surface area (Å²) < 4.78 is 0. The molecule has 0 aliphatic rings. The van der Waals surface area contributed by atoms with E-state index in [0.29, 0.717) is 13.1 Å². The van der Waals surface area contributed by atoms with Crippen molar-refractivity contribution in [3.8, 4) is 0 Å². The van der Waals surface area contributed by atoms with Crippen LogP contribution in [-0.2, 0) is 0 Å². The summed E-state index contributed by atoms with van der Waals surface area (Å²) >= 11 is 0. The highest BCUT2D eigenvalue weighted by Crippen LogP contribution is 1.88.